The Balaban J connectivity index is 1.33. The van der Waals surface area contributed by atoms with E-state index in [2.05, 4.69) is 11.4 Å². The molecule has 2 amide bonds. The number of carbonyl (C=O) groups is 2. The van der Waals surface area contributed by atoms with E-state index in [0.717, 1.165) is 54.9 Å². The fraction of sp³-hybridized carbons (Fsp3) is 0.391. The summed E-state index contributed by atoms with van der Waals surface area (Å²) < 4.78 is 0. The molecule has 1 saturated carbocycles. The van der Waals surface area contributed by atoms with Crippen molar-refractivity contribution >= 4 is 35.0 Å². The average molecular weight is 395 g/mol. The zero-order chi connectivity index (χ0) is 19.3. The predicted molar refractivity (Wildman–Crippen MR) is 115 cm³/mol. The van der Waals surface area contributed by atoms with Crippen LogP contribution in [0.25, 0.3) is 0 Å². The summed E-state index contributed by atoms with van der Waals surface area (Å²) in [5, 5.41) is 3.06. The van der Waals surface area contributed by atoms with E-state index in [-0.39, 0.29) is 17.7 Å². The Morgan fingerprint density at radius 2 is 1.86 bits per heavy atom. The summed E-state index contributed by atoms with van der Waals surface area (Å²) in [5.41, 5.74) is 3.11. The monoisotopic (exact) mass is 394 g/mol. The number of benzene rings is 2. The molecule has 0 atom stereocenters. The van der Waals surface area contributed by atoms with Crippen molar-refractivity contribution in [3.63, 3.8) is 0 Å². The molecule has 2 aliphatic rings. The summed E-state index contributed by atoms with van der Waals surface area (Å²) >= 11 is 1.52. The summed E-state index contributed by atoms with van der Waals surface area (Å²) in [7, 11) is 0. The van der Waals surface area contributed by atoms with Crippen molar-refractivity contribution < 1.29 is 9.59 Å². The minimum Gasteiger partial charge on any atom is -0.326 e. The van der Waals surface area contributed by atoms with E-state index < -0.39 is 0 Å². The van der Waals surface area contributed by atoms with E-state index in [4.69, 9.17) is 0 Å². The molecular formula is C23H26N2O2S. The zero-order valence-electron chi connectivity index (χ0n) is 16.0. The second kappa shape index (κ2) is 8.82. The van der Waals surface area contributed by atoms with Gasteiger partial charge in [0.15, 0.2) is 0 Å². The zero-order valence-corrected chi connectivity index (χ0v) is 16.8. The van der Waals surface area contributed by atoms with Gasteiger partial charge in [-0.25, -0.2) is 0 Å². The molecule has 0 bridgehead atoms. The van der Waals surface area contributed by atoms with Crippen molar-refractivity contribution in [3.8, 4) is 0 Å². The SMILES string of the molecule is O=C(Nc1cccc(SCC(=O)N2CCc3ccccc32)c1)C1CCCCC1. The van der Waals surface area contributed by atoms with Crippen LogP contribution in [0.3, 0.4) is 0 Å². The van der Waals surface area contributed by atoms with E-state index in [1.807, 2.05) is 47.4 Å². The van der Waals surface area contributed by atoms with Crippen LogP contribution in [0.2, 0.25) is 0 Å². The molecule has 5 heteroatoms. The van der Waals surface area contributed by atoms with Gasteiger partial charge in [0.2, 0.25) is 11.8 Å². The number of para-hydroxylation sites is 1. The van der Waals surface area contributed by atoms with Crippen molar-refractivity contribution in [2.75, 3.05) is 22.5 Å². The van der Waals surface area contributed by atoms with Gasteiger partial charge < -0.3 is 10.2 Å². The van der Waals surface area contributed by atoms with Gasteiger partial charge in [0.25, 0.3) is 0 Å². The maximum atomic E-state index is 12.7. The van der Waals surface area contributed by atoms with E-state index in [1.165, 1.54) is 23.7 Å². The number of nitrogens with one attached hydrogen (secondary N) is 1. The third-order valence-corrected chi connectivity index (χ3v) is 6.61. The highest BCUT2D eigenvalue weighted by atomic mass is 32.2. The molecule has 1 heterocycles. The van der Waals surface area contributed by atoms with Crippen LogP contribution in [0.15, 0.2) is 53.4 Å². The molecule has 2 aromatic carbocycles. The van der Waals surface area contributed by atoms with E-state index >= 15 is 0 Å². The average Bonchev–Trinajstić information content (AvgIpc) is 3.17. The second-order valence-electron chi connectivity index (χ2n) is 7.56. The van der Waals surface area contributed by atoms with E-state index in [0.29, 0.717) is 5.75 Å². The molecule has 28 heavy (non-hydrogen) atoms. The molecule has 0 aromatic heterocycles. The van der Waals surface area contributed by atoms with Gasteiger partial charge in [-0.1, -0.05) is 43.5 Å². The molecule has 4 nitrogen and oxygen atoms in total. The third kappa shape index (κ3) is 4.41. The largest absolute Gasteiger partial charge is 0.326 e. The number of rotatable bonds is 5. The maximum absolute atomic E-state index is 12.7. The molecule has 1 aliphatic carbocycles. The highest BCUT2D eigenvalue weighted by molar-refractivity contribution is 8.00. The lowest BCUT2D eigenvalue weighted by Crippen LogP contribution is -2.30. The van der Waals surface area contributed by atoms with E-state index in [1.54, 1.807) is 0 Å². The Bertz CT molecular complexity index is 861. The van der Waals surface area contributed by atoms with Crippen molar-refractivity contribution in [2.45, 2.75) is 43.4 Å². The molecular weight excluding hydrogens is 368 g/mol. The number of nitrogens with zero attached hydrogens (tertiary/aromatic N) is 1. The smallest absolute Gasteiger partial charge is 0.237 e. The lowest BCUT2D eigenvalue weighted by Gasteiger charge is -2.21. The van der Waals surface area contributed by atoms with Gasteiger partial charge in [-0.15, -0.1) is 11.8 Å². The number of anilines is 2. The highest BCUT2D eigenvalue weighted by Gasteiger charge is 2.24. The van der Waals surface area contributed by atoms with Crippen LogP contribution in [0.5, 0.6) is 0 Å². The van der Waals surface area contributed by atoms with Crippen molar-refractivity contribution in [1.82, 2.24) is 0 Å². The molecule has 4 rings (SSSR count). The normalized spacial score (nSPS) is 16.6. The van der Waals surface area contributed by atoms with Crippen LogP contribution in [0.1, 0.15) is 37.7 Å². The summed E-state index contributed by atoms with van der Waals surface area (Å²) in [6, 6.07) is 15.9. The molecule has 0 spiro atoms. The first-order valence-corrected chi connectivity index (χ1v) is 11.1. The number of amides is 2. The summed E-state index contributed by atoms with van der Waals surface area (Å²) in [6.45, 7) is 0.760. The van der Waals surface area contributed by atoms with Gasteiger partial charge >= 0.3 is 0 Å². The van der Waals surface area contributed by atoms with Gasteiger partial charge in [0.1, 0.15) is 0 Å². The first kappa shape index (κ1) is 19.1. The lowest BCUT2D eigenvalue weighted by atomic mass is 9.88. The second-order valence-corrected chi connectivity index (χ2v) is 8.61. The Hall–Kier alpha value is -2.27. The number of carbonyl (C=O) groups excluding carboxylic acids is 2. The van der Waals surface area contributed by atoms with Crippen LogP contribution in [0, 0.1) is 5.92 Å². The standard InChI is InChI=1S/C23H26N2O2S/c26-22(25-14-13-17-7-4-5-12-21(17)25)16-28-20-11-6-10-19(15-20)24-23(27)18-8-2-1-3-9-18/h4-7,10-12,15,18H,1-3,8-9,13-14,16H2,(H,24,27). The van der Waals surface area contributed by atoms with Gasteiger partial charge in [-0.3, -0.25) is 9.59 Å². The maximum Gasteiger partial charge on any atom is 0.237 e. The van der Waals surface area contributed by atoms with Crippen molar-refractivity contribution in [1.29, 1.82) is 0 Å². The minimum atomic E-state index is 0.131. The topological polar surface area (TPSA) is 49.4 Å². The van der Waals surface area contributed by atoms with Crippen LogP contribution < -0.4 is 10.2 Å². The molecule has 1 N–H and O–H groups in total. The van der Waals surface area contributed by atoms with Crippen LogP contribution in [-0.2, 0) is 16.0 Å². The molecule has 0 saturated heterocycles. The van der Waals surface area contributed by atoms with Crippen molar-refractivity contribution in [3.05, 3.63) is 54.1 Å². The summed E-state index contributed by atoms with van der Waals surface area (Å²) in [5.74, 6) is 0.800. The van der Waals surface area contributed by atoms with Crippen LogP contribution in [-0.4, -0.2) is 24.1 Å². The highest BCUT2D eigenvalue weighted by Crippen LogP contribution is 2.30. The third-order valence-electron chi connectivity index (χ3n) is 5.63. The first-order chi connectivity index (χ1) is 13.7. The Morgan fingerprint density at radius 1 is 1.04 bits per heavy atom. The Kier molecular flexibility index (Phi) is 6.01. The summed E-state index contributed by atoms with van der Waals surface area (Å²) in [4.78, 5) is 28.0. The minimum absolute atomic E-state index is 0.131. The fourth-order valence-corrected chi connectivity index (χ4v) is 4.92. The van der Waals surface area contributed by atoms with Crippen LogP contribution >= 0.6 is 11.8 Å². The Morgan fingerprint density at radius 3 is 2.71 bits per heavy atom. The molecule has 1 fully saturated rings. The number of thioether (sulfide) groups is 1. The lowest BCUT2D eigenvalue weighted by molar-refractivity contribution is -0.120. The number of fused-ring (bicyclic) bond motifs is 1. The van der Waals surface area contributed by atoms with E-state index in [9.17, 15) is 9.59 Å². The molecule has 1 aliphatic heterocycles. The van der Waals surface area contributed by atoms with Crippen molar-refractivity contribution in [2.24, 2.45) is 5.92 Å². The van der Waals surface area contributed by atoms with Gasteiger partial charge in [-0.05, 0) is 49.1 Å². The summed E-state index contributed by atoms with van der Waals surface area (Å²) in [6.07, 6.45) is 6.45. The molecule has 0 unspecified atom stereocenters. The Labute approximate surface area is 170 Å². The fourth-order valence-electron chi connectivity index (χ4n) is 4.09. The van der Waals surface area contributed by atoms with Gasteiger partial charge in [0.05, 0.1) is 5.75 Å². The number of hydrogen-bond donors (Lipinski definition) is 1. The molecule has 146 valence electrons. The molecule has 0 radical (unpaired) electrons. The van der Waals surface area contributed by atoms with Crippen LogP contribution in [0.4, 0.5) is 11.4 Å². The molecule has 2 aromatic rings. The van der Waals surface area contributed by atoms with Gasteiger partial charge in [-0.2, -0.15) is 0 Å². The predicted octanol–water partition coefficient (Wildman–Crippen LogP) is 4.89. The van der Waals surface area contributed by atoms with Gasteiger partial charge in [0, 0.05) is 28.7 Å². The quantitative estimate of drug-likeness (QED) is 0.735. The first-order valence-electron chi connectivity index (χ1n) is 10.1. The number of hydrogen-bond acceptors (Lipinski definition) is 3.